The number of anilines is 1. The Morgan fingerprint density at radius 2 is 1.90 bits per heavy atom. The van der Waals surface area contributed by atoms with Gasteiger partial charge in [0, 0.05) is 27.8 Å². The quantitative estimate of drug-likeness (QED) is 0.881. The van der Waals surface area contributed by atoms with Gasteiger partial charge in [-0.05, 0) is 48.4 Å². The second-order valence-electron chi connectivity index (χ2n) is 4.98. The molecule has 2 aromatic carbocycles. The van der Waals surface area contributed by atoms with E-state index >= 15 is 0 Å². The Balaban J connectivity index is 1.89. The molecule has 3 rings (SSSR count). The first kappa shape index (κ1) is 14.4. The molecule has 0 unspecified atom stereocenters. The SMILES string of the molecule is O=C(Nc1cc(Cl)cc(Cl)c1)c1cccc2c1CCNC2. The van der Waals surface area contributed by atoms with Crippen molar-refractivity contribution in [3.8, 4) is 0 Å². The lowest BCUT2D eigenvalue weighted by Gasteiger charge is -2.20. The van der Waals surface area contributed by atoms with Gasteiger partial charge in [0.1, 0.15) is 0 Å². The Labute approximate surface area is 133 Å². The Morgan fingerprint density at radius 3 is 2.67 bits per heavy atom. The van der Waals surface area contributed by atoms with Crippen LogP contribution in [-0.4, -0.2) is 12.5 Å². The number of amides is 1. The van der Waals surface area contributed by atoms with Gasteiger partial charge in [0.2, 0.25) is 0 Å². The van der Waals surface area contributed by atoms with E-state index in [9.17, 15) is 4.79 Å². The summed E-state index contributed by atoms with van der Waals surface area (Å²) >= 11 is 11.9. The van der Waals surface area contributed by atoms with Crippen LogP contribution >= 0.6 is 23.2 Å². The van der Waals surface area contributed by atoms with Crippen molar-refractivity contribution >= 4 is 34.8 Å². The van der Waals surface area contributed by atoms with Crippen LogP contribution in [0.25, 0.3) is 0 Å². The first-order valence-electron chi connectivity index (χ1n) is 6.72. The van der Waals surface area contributed by atoms with Crippen molar-refractivity contribution in [1.82, 2.24) is 5.32 Å². The van der Waals surface area contributed by atoms with Crippen LogP contribution in [0.15, 0.2) is 36.4 Å². The molecule has 0 atom stereocenters. The van der Waals surface area contributed by atoms with Crippen LogP contribution < -0.4 is 10.6 Å². The van der Waals surface area contributed by atoms with Gasteiger partial charge in [-0.1, -0.05) is 35.3 Å². The molecule has 3 nitrogen and oxygen atoms in total. The lowest BCUT2D eigenvalue weighted by Crippen LogP contribution is -2.26. The monoisotopic (exact) mass is 320 g/mol. The molecule has 0 aromatic heterocycles. The molecule has 0 fully saturated rings. The molecule has 1 amide bonds. The maximum absolute atomic E-state index is 12.5. The third-order valence-corrected chi connectivity index (χ3v) is 3.94. The maximum Gasteiger partial charge on any atom is 0.255 e. The van der Waals surface area contributed by atoms with Crippen molar-refractivity contribution in [2.45, 2.75) is 13.0 Å². The molecule has 2 aromatic rings. The van der Waals surface area contributed by atoms with Crippen LogP contribution in [0.2, 0.25) is 10.0 Å². The fourth-order valence-corrected chi connectivity index (χ4v) is 3.10. The molecular formula is C16H14Cl2N2O. The molecule has 1 aliphatic heterocycles. The van der Waals surface area contributed by atoms with Crippen LogP contribution in [-0.2, 0) is 13.0 Å². The van der Waals surface area contributed by atoms with Crippen molar-refractivity contribution in [1.29, 1.82) is 0 Å². The maximum atomic E-state index is 12.5. The predicted octanol–water partition coefficient (Wildman–Crippen LogP) is 3.89. The number of carbonyl (C=O) groups excluding carboxylic acids is 1. The number of benzene rings is 2. The molecule has 0 saturated heterocycles. The molecule has 0 aliphatic carbocycles. The van der Waals surface area contributed by atoms with Gasteiger partial charge in [0.05, 0.1) is 0 Å². The first-order valence-corrected chi connectivity index (χ1v) is 7.48. The average Bonchev–Trinajstić information content (AvgIpc) is 2.45. The lowest BCUT2D eigenvalue weighted by atomic mass is 9.95. The molecule has 0 bridgehead atoms. The second-order valence-corrected chi connectivity index (χ2v) is 5.86. The van der Waals surface area contributed by atoms with E-state index in [1.807, 2.05) is 12.1 Å². The van der Waals surface area contributed by atoms with Crippen LogP contribution in [0, 0.1) is 0 Å². The average molecular weight is 321 g/mol. The molecule has 0 spiro atoms. The zero-order valence-electron chi connectivity index (χ0n) is 11.2. The molecule has 0 radical (unpaired) electrons. The Hall–Kier alpha value is -1.55. The van der Waals surface area contributed by atoms with Gasteiger partial charge in [-0.2, -0.15) is 0 Å². The summed E-state index contributed by atoms with van der Waals surface area (Å²) in [5, 5.41) is 7.16. The number of halogens is 2. The molecule has 1 aliphatic rings. The highest BCUT2D eigenvalue weighted by atomic mass is 35.5. The zero-order valence-corrected chi connectivity index (χ0v) is 12.8. The molecule has 2 N–H and O–H groups in total. The van der Waals surface area contributed by atoms with Gasteiger partial charge in [-0.25, -0.2) is 0 Å². The van der Waals surface area contributed by atoms with Crippen molar-refractivity contribution in [2.75, 3.05) is 11.9 Å². The molecule has 0 saturated carbocycles. The van der Waals surface area contributed by atoms with Crippen molar-refractivity contribution in [3.05, 3.63) is 63.1 Å². The largest absolute Gasteiger partial charge is 0.322 e. The summed E-state index contributed by atoms with van der Waals surface area (Å²) in [4.78, 5) is 12.5. The fraction of sp³-hybridized carbons (Fsp3) is 0.188. The predicted molar refractivity (Wildman–Crippen MR) is 86.3 cm³/mol. The summed E-state index contributed by atoms with van der Waals surface area (Å²) in [7, 11) is 0. The summed E-state index contributed by atoms with van der Waals surface area (Å²) in [5.41, 5.74) is 3.61. The van der Waals surface area contributed by atoms with Gasteiger partial charge < -0.3 is 10.6 Å². The van der Waals surface area contributed by atoms with Gasteiger partial charge >= 0.3 is 0 Å². The Morgan fingerprint density at radius 1 is 1.14 bits per heavy atom. The molecule has 21 heavy (non-hydrogen) atoms. The van der Waals surface area contributed by atoms with E-state index < -0.39 is 0 Å². The van der Waals surface area contributed by atoms with E-state index in [4.69, 9.17) is 23.2 Å². The number of fused-ring (bicyclic) bond motifs is 1. The van der Waals surface area contributed by atoms with Crippen molar-refractivity contribution in [3.63, 3.8) is 0 Å². The summed E-state index contributed by atoms with van der Waals surface area (Å²) in [5.74, 6) is -0.132. The number of carbonyl (C=O) groups is 1. The standard InChI is InChI=1S/C16H14Cl2N2O/c17-11-6-12(18)8-13(7-11)20-16(21)15-3-1-2-10-9-19-5-4-14(10)15/h1-3,6-8,19H,4-5,9H2,(H,20,21). The third-order valence-electron chi connectivity index (χ3n) is 3.51. The van der Waals surface area contributed by atoms with Crippen LogP contribution in [0.1, 0.15) is 21.5 Å². The van der Waals surface area contributed by atoms with Crippen molar-refractivity contribution in [2.24, 2.45) is 0 Å². The number of nitrogens with one attached hydrogen (secondary N) is 2. The number of rotatable bonds is 2. The van der Waals surface area contributed by atoms with Crippen LogP contribution in [0.3, 0.4) is 0 Å². The van der Waals surface area contributed by atoms with Crippen molar-refractivity contribution < 1.29 is 4.79 Å². The lowest BCUT2D eigenvalue weighted by molar-refractivity contribution is 0.102. The summed E-state index contributed by atoms with van der Waals surface area (Å²) in [6, 6.07) is 10.8. The van der Waals surface area contributed by atoms with Gasteiger partial charge in [0.25, 0.3) is 5.91 Å². The minimum atomic E-state index is -0.132. The second kappa shape index (κ2) is 6.06. The zero-order chi connectivity index (χ0) is 14.8. The van der Waals surface area contributed by atoms with E-state index in [0.29, 0.717) is 21.3 Å². The smallest absolute Gasteiger partial charge is 0.255 e. The molecular weight excluding hydrogens is 307 g/mol. The minimum Gasteiger partial charge on any atom is -0.322 e. The topological polar surface area (TPSA) is 41.1 Å². The highest BCUT2D eigenvalue weighted by Crippen LogP contribution is 2.24. The normalized spacial score (nSPS) is 13.6. The van der Waals surface area contributed by atoms with Gasteiger partial charge in [0.15, 0.2) is 0 Å². The number of hydrogen-bond acceptors (Lipinski definition) is 2. The summed E-state index contributed by atoms with van der Waals surface area (Å²) in [6.07, 6.45) is 0.856. The Kier molecular flexibility index (Phi) is 4.15. The highest BCUT2D eigenvalue weighted by molar-refractivity contribution is 6.35. The van der Waals surface area contributed by atoms with E-state index in [1.54, 1.807) is 18.2 Å². The van der Waals surface area contributed by atoms with Gasteiger partial charge in [-0.3, -0.25) is 4.79 Å². The number of hydrogen-bond donors (Lipinski definition) is 2. The van der Waals surface area contributed by atoms with Crippen LogP contribution in [0.5, 0.6) is 0 Å². The van der Waals surface area contributed by atoms with E-state index in [2.05, 4.69) is 16.7 Å². The molecule has 5 heteroatoms. The molecule has 108 valence electrons. The van der Waals surface area contributed by atoms with Gasteiger partial charge in [-0.15, -0.1) is 0 Å². The highest BCUT2D eigenvalue weighted by Gasteiger charge is 2.17. The Bertz CT molecular complexity index is 680. The van der Waals surface area contributed by atoms with E-state index in [0.717, 1.165) is 25.1 Å². The van der Waals surface area contributed by atoms with Crippen LogP contribution in [0.4, 0.5) is 5.69 Å². The summed E-state index contributed by atoms with van der Waals surface area (Å²) in [6.45, 7) is 1.69. The molecule has 1 heterocycles. The van der Waals surface area contributed by atoms with E-state index in [-0.39, 0.29) is 5.91 Å². The van der Waals surface area contributed by atoms with E-state index in [1.165, 1.54) is 5.56 Å². The first-order chi connectivity index (χ1) is 10.1. The fourth-order valence-electron chi connectivity index (χ4n) is 2.57. The third kappa shape index (κ3) is 3.21. The summed E-state index contributed by atoms with van der Waals surface area (Å²) < 4.78 is 0. The minimum absolute atomic E-state index is 0.132.